The monoisotopic (exact) mass is 1050 g/mol. The van der Waals surface area contributed by atoms with Crippen molar-refractivity contribution in [3.05, 3.63) is 191 Å². The molecular formula is C75H83BN4. The van der Waals surface area contributed by atoms with Gasteiger partial charge in [-0.15, -0.1) is 0 Å². The highest BCUT2D eigenvalue weighted by atomic mass is 15.3. The van der Waals surface area contributed by atoms with Gasteiger partial charge in [0.2, 0.25) is 0 Å². The second-order valence-corrected chi connectivity index (χ2v) is 29.5. The maximum atomic E-state index is 4.59. The number of aromatic nitrogens is 1. The number of hydrogen-bond acceptors (Lipinski definition) is 4. The zero-order valence-corrected chi connectivity index (χ0v) is 50.6. The third-order valence-electron chi connectivity index (χ3n) is 20.4. The molecule has 1 aromatic heterocycles. The third kappa shape index (κ3) is 8.01. The van der Waals surface area contributed by atoms with Crippen molar-refractivity contribution >= 4 is 68.6 Å². The maximum Gasteiger partial charge on any atom is 0.252 e. The topological polar surface area (TPSA) is 22.6 Å². The van der Waals surface area contributed by atoms with Crippen molar-refractivity contribution in [2.75, 3.05) is 14.7 Å². The van der Waals surface area contributed by atoms with Crippen LogP contribution in [0, 0.1) is 0 Å². The highest BCUT2D eigenvalue weighted by molar-refractivity contribution is 7.00. The molecule has 4 heterocycles. The van der Waals surface area contributed by atoms with E-state index in [-0.39, 0.29) is 44.7 Å². The van der Waals surface area contributed by atoms with Gasteiger partial charge >= 0.3 is 0 Å². The minimum absolute atomic E-state index is 0.00888. The Balaban J connectivity index is 1.19. The van der Waals surface area contributed by atoms with E-state index in [0.29, 0.717) is 0 Å². The lowest BCUT2D eigenvalue weighted by Gasteiger charge is -2.51. The third-order valence-corrected chi connectivity index (χ3v) is 20.4. The van der Waals surface area contributed by atoms with Crippen molar-refractivity contribution in [2.45, 2.75) is 180 Å². The normalized spacial score (nSPS) is 20.6. The Labute approximate surface area is 479 Å². The fourth-order valence-electron chi connectivity index (χ4n) is 15.2. The van der Waals surface area contributed by atoms with E-state index in [2.05, 4.69) is 269 Å². The molecule has 7 aromatic carbocycles. The van der Waals surface area contributed by atoms with Gasteiger partial charge in [0.15, 0.2) is 0 Å². The molecule has 0 amide bonds. The standard InChI is InChI=1S/C75H83BN4/c1-69(2,3)51-26-30-54(31-27-51)78-64-34-29-53(71(7,8)9)42-60(64)76-61-45-57-58(73(12,13)38-37-72(57,10)11)46-65(61)79(62-33-28-52(70(4,5)6)41-56(62)48-22-17-16-18-23-48)67-44-55(43-66(78)68(67)76)80-63-32-25-49(50-24-21-39-77-47-50)40-59(63)74(14)35-19-20-36-75(74,80)15/h16-18,21-34,39-47H,19-20,35-38H2,1-15H3. The van der Waals surface area contributed by atoms with Crippen LogP contribution in [0.3, 0.4) is 0 Å². The Hall–Kier alpha value is -6.85. The minimum Gasteiger partial charge on any atom is -0.334 e. The van der Waals surface area contributed by atoms with Crippen molar-refractivity contribution in [1.29, 1.82) is 0 Å². The molecule has 2 aliphatic carbocycles. The number of rotatable bonds is 5. The first-order chi connectivity index (χ1) is 37.8. The van der Waals surface area contributed by atoms with Crippen LogP contribution in [0.4, 0.5) is 45.5 Å². The van der Waals surface area contributed by atoms with Crippen molar-refractivity contribution in [1.82, 2.24) is 4.98 Å². The number of nitrogens with zero attached hydrogens (tertiary/aromatic N) is 4. The van der Waals surface area contributed by atoms with E-state index in [1.165, 1.54) is 125 Å². The maximum absolute atomic E-state index is 4.59. The highest BCUT2D eigenvalue weighted by Crippen LogP contribution is 2.63. The van der Waals surface area contributed by atoms with Crippen LogP contribution >= 0.6 is 0 Å². The summed E-state index contributed by atoms with van der Waals surface area (Å²) >= 11 is 0. The van der Waals surface area contributed by atoms with E-state index >= 15 is 0 Å². The van der Waals surface area contributed by atoms with Gasteiger partial charge < -0.3 is 14.7 Å². The summed E-state index contributed by atoms with van der Waals surface area (Å²) in [6, 6.07) is 58.0. The van der Waals surface area contributed by atoms with E-state index in [1.54, 1.807) is 0 Å². The van der Waals surface area contributed by atoms with Gasteiger partial charge in [0.05, 0.1) is 11.2 Å². The molecule has 1 fully saturated rings. The van der Waals surface area contributed by atoms with Gasteiger partial charge in [-0.25, -0.2) is 0 Å². The molecule has 4 nitrogen and oxygen atoms in total. The van der Waals surface area contributed by atoms with Gasteiger partial charge in [0.25, 0.3) is 6.71 Å². The summed E-state index contributed by atoms with van der Waals surface area (Å²) in [4.78, 5) is 12.8. The molecule has 0 bridgehead atoms. The van der Waals surface area contributed by atoms with Gasteiger partial charge in [-0.3, -0.25) is 4.98 Å². The molecule has 1 saturated carbocycles. The van der Waals surface area contributed by atoms with Crippen molar-refractivity contribution < 1.29 is 0 Å². The second kappa shape index (κ2) is 17.8. The Morgan fingerprint density at radius 3 is 1.65 bits per heavy atom. The minimum atomic E-state index is -0.204. The molecule has 406 valence electrons. The zero-order chi connectivity index (χ0) is 56.3. The summed E-state index contributed by atoms with van der Waals surface area (Å²) < 4.78 is 0. The lowest BCUT2D eigenvalue weighted by molar-refractivity contribution is 0.195. The van der Waals surface area contributed by atoms with Crippen LogP contribution in [0.5, 0.6) is 0 Å². The summed E-state index contributed by atoms with van der Waals surface area (Å²) in [5, 5.41) is 0. The molecule has 8 aromatic rings. The molecule has 5 aliphatic rings. The average molecular weight is 1050 g/mol. The summed E-state index contributed by atoms with van der Waals surface area (Å²) in [5.74, 6) is 0. The molecule has 0 saturated heterocycles. The van der Waals surface area contributed by atoms with Crippen molar-refractivity contribution in [3.63, 3.8) is 0 Å². The fourth-order valence-corrected chi connectivity index (χ4v) is 15.2. The first-order valence-corrected chi connectivity index (χ1v) is 30.1. The molecular weight excluding hydrogens is 968 g/mol. The van der Waals surface area contributed by atoms with Gasteiger partial charge in [0.1, 0.15) is 0 Å². The fraction of sp³-hybridized carbons (Fsp3) is 0.373. The Morgan fingerprint density at radius 2 is 1.00 bits per heavy atom. The van der Waals surface area contributed by atoms with Crippen LogP contribution in [0.15, 0.2) is 158 Å². The predicted molar refractivity (Wildman–Crippen MR) is 343 cm³/mol. The number of hydrogen-bond donors (Lipinski definition) is 0. The van der Waals surface area contributed by atoms with Crippen LogP contribution in [0.25, 0.3) is 22.3 Å². The molecule has 80 heavy (non-hydrogen) atoms. The predicted octanol–water partition coefficient (Wildman–Crippen LogP) is 18.5. The quantitative estimate of drug-likeness (QED) is 0.160. The van der Waals surface area contributed by atoms with Crippen molar-refractivity contribution in [2.24, 2.45) is 0 Å². The van der Waals surface area contributed by atoms with Crippen LogP contribution in [0.1, 0.15) is 176 Å². The molecule has 5 heteroatoms. The highest BCUT2D eigenvalue weighted by Gasteiger charge is 2.58. The lowest BCUT2D eigenvalue weighted by atomic mass is 9.33. The van der Waals surface area contributed by atoms with Gasteiger partial charge in [-0.1, -0.05) is 189 Å². The summed E-state index contributed by atoms with van der Waals surface area (Å²) in [6.45, 7) is 36.3. The van der Waals surface area contributed by atoms with E-state index in [1.807, 2.05) is 12.4 Å². The number of fused-ring (bicyclic) bond motifs is 8. The first-order valence-electron chi connectivity index (χ1n) is 30.1. The average Bonchev–Trinajstić information content (AvgIpc) is 3.81. The number of anilines is 8. The Bertz CT molecular complexity index is 3770. The zero-order valence-electron chi connectivity index (χ0n) is 50.6. The first kappa shape index (κ1) is 52.5. The number of pyridine rings is 1. The van der Waals surface area contributed by atoms with Gasteiger partial charge in [-0.2, -0.15) is 0 Å². The number of benzene rings is 7. The summed E-state index contributed by atoms with van der Waals surface area (Å²) in [6.07, 6.45) is 10.8. The molecule has 2 unspecified atom stereocenters. The molecule has 0 radical (unpaired) electrons. The lowest BCUT2D eigenvalue weighted by Crippen LogP contribution is -2.62. The Morgan fingerprint density at radius 1 is 0.425 bits per heavy atom. The van der Waals surface area contributed by atoms with Gasteiger partial charge in [-0.05, 0) is 193 Å². The SMILES string of the molecule is CC(C)(C)c1ccc(N2c3ccc(C(C)(C)C)cc3B3c4cc5c(cc4N(c4ccc(C(C)(C)C)cc4-c4ccccc4)c4cc(N6c7ccc(-c8cccnc8)cc7C7(C)CCCCC67C)cc2c43)C(C)(C)CCC5(C)C)cc1. The van der Waals surface area contributed by atoms with E-state index < -0.39 is 0 Å². The second-order valence-electron chi connectivity index (χ2n) is 29.5. The Kier molecular flexibility index (Phi) is 11.7. The van der Waals surface area contributed by atoms with Crippen molar-refractivity contribution in [3.8, 4) is 22.3 Å². The molecule has 2 atom stereocenters. The molecule has 0 N–H and O–H groups in total. The van der Waals surface area contributed by atoms with Crippen LogP contribution in [-0.4, -0.2) is 17.2 Å². The molecule has 13 rings (SSSR count). The largest absolute Gasteiger partial charge is 0.334 e. The van der Waals surface area contributed by atoms with Crippen LogP contribution in [-0.2, 0) is 32.5 Å². The van der Waals surface area contributed by atoms with E-state index in [4.69, 9.17) is 0 Å². The van der Waals surface area contributed by atoms with E-state index in [9.17, 15) is 0 Å². The van der Waals surface area contributed by atoms with Crippen LogP contribution in [0.2, 0.25) is 0 Å². The summed E-state index contributed by atoms with van der Waals surface area (Å²) in [7, 11) is 0. The molecule has 3 aliphatic heterocycles. The van der Waals surface area contributed by atoms with Crippen LogP contribution < -0.4 is 31.1 Å². The van der Waals surface area contributed by atoms with E-state index in [0.717, 1.165) is 31.2 Å². The van der Waals surface area contributed by atoms with Gasteiger partial charge in [0, 0.05) is 63.2 Å². The molecule has 0 spiro atoms. The smallest absolute Gasteiger partial charge is 0.252 e. The summed E-state index contributed by atoms with van der Waals surface area (Å²) in [5.41, 5.74) is 27.1.